The highest BCUT2D eigenvalue weighted by molar-refractivity contribution is 5.20. The lowest BCUT2D eigenvalue weighted by molar-refractivity contribution is 0.528. The van der Waals surface area contributed by atoms with Gasteiger partial charge in [-0.2, -0.15) is 5.10 Å². The van der Waals surface area contributed by atoms with Gasteiger partial charge in [0.25, 0.3) is 0 Å². The fourth-order valence-corrected chi connectivity index (χ4v) is 1.77. The van der Waals surface area contributed by atoms with Crippen molar-refractivity contribution in [1.29, 1.82) is 0 Å². The van der Waals surface area contributed by atoms with E-state index in [1.54, 1.807) is 23.0 Å². The highest BCUT2D eigenvalue weighted by atomic mass is 19.1. The van der Waals surface area contributed by atoms with Crippen molar-refractivity contribution in [2.75, 3.05) is 0 Å². The lowest BCUT2D eigenvalue weighted by Crippen LogP contribution is -2.18. The maximum Gasteiger partial charge on any atom is 0.127 e. The fourth-order valence-electron chi connectivity index (χ4n) is 1.77. The third kappa shape index (κ3) is 2.91. The molecule has 2 rings (SSSR count). The third-order valence-corrected chi connectivity index (χ3v) is 2.74. The molecule has 0 spiro atoms. The van der Waals surface area contributed by atoms with E-state index in [0.29, 0.717) is 12.1 Å². The van der Waals surface area contributed by atoms with Gasteiger partial charge in [0.2, 0.25) is 0 Å². The van der Waals surface area contributed by atoms with Crippen LogP contribution in [0.1, 0.15) is 24.1 Å². The molecule has 0 aliphatic carbocycles. The van der Waals surface area contributed by atoms with Crippen LogP contribution in [0.5, 0.6) is 0 Å². The number of benzene rings is 1. The molecule has 0 saturated carbocycles. The summed E-state index contributed by atoms with van der Waals surface area (Å²) in [5.41, 5.74) is 1.78. The molecule has 1 atom stereocenters. The van der Waals surface area contributed by atoms with E-state index in [1.165, 1.54) is 6.07 Å². The van der Waals surface area contributed by atoms with Gasteiger partial charge in [-0.05, 0) is 13.0 Å². The largest absolute Gasteiger partial charge is 0.306 e. The van der Waals surface area contributed by atoms with Crippen molar-refractivity contribution in [3.8, 4) is 0 Å². The number of aryl methyl sites for hydroxylation is 1. The average Bonchev–Trinajstić information content (AvgIpc) is 2.73. The Labute approximate surface area is 100 Å². The van der Waals surface area contributed by atoms with Gasteiger partial charge in [0.05, 0.1) is 6.20 Å². The Bertz CT molecular complexity index is 493. The molecule has 0 amide bonds. The smallest absolute Gasteiger partial charge is 0.127 e. The summed E-state index contributed by atoms with van der Waals surface area (Å²) in [6.07, 6.45) is 3.75. The number of hydrogen-bond donors (Lipinski definition) is 1. The molecule has 1 aromatic carbocycles. The van der Waals surface area contributed by atoms with E-state index in [1.807, 2.05) is 26.2 Å². The van der Waals surface area contributed by atoms with Crippen molar-refractivity contribution in [2.24, 2.45) is 7.05 Å². The van der Waals surface area contributed by atoms with Crippen molar-refractivity contribution < 1.29 is 4.39 Å². The van der Waals surface area contributed by atoms with Crippen LogP contribution >= 0.6 is 0 Å². The van der Waals surface area contributed by atoms with Crippen molar-refractivity contribution in [2.45, 2.75) is 19.5 Å². The average molecular weight is 233 g/mol. The van der Waals surface area contributed by atoms with Gasteiger partial charge in [-0.1, -0.05) is 18.2 Å². The molecule has 0 unspecified atom stereocenters. The number of rotatable bonds is 4. The summed E-state index contributed by atoms with van der Waals surface area (Å²) in [6, 6.07) is 6.82. The monoisotopic (exact) mass is 233 g/mol. The Balaban J connectivity index is 1.98. The fraction of sp³-hybridized carbons (Fsp3) is 0.308. The minimum atomic E-state index is -0.168. The summed E-state index contributed by atoms with van der Waals surface area (Å²) in [5.74, 6) is -0.168. The summed E-state index contributed by atoms with van der Waals surface area (Å²) < 4.78 is 15.3. The second kappa shape index (κ2) is 5.10. The zero-order valence-corrected chi connectivity index (χ0v) is 10.0. The molecular formula is C13H16FN3. The van der Waals surface area contributed by atoms with Crippen LogP contribution in [0.3, 0.4) is 0 Å². The quantitative estimate of drug-likeness (QED) is 0.878. The molecule has 2 aromatic rings. The number of halogens is 1. The molecule has 1 N–H and O–H groups in total. The number of nitrogens with zero attached hydrogens (tertiary/aromatic N) is 2. The van der Waals surface area contributed by atoms with E-state index >= 15 is 0 Å². The summed E-state index contributed by atoms with van der Waals surface area (Å²) >= 11 is 0. The SMILES string of the molecule is C[C@@H](NCc1cnn(C)c1)c1ccccc1F. The Kier molecular flexibility index (Phi) is 3.54. The third-order valence-electron chi connectivity index (χ3n) is 2.74. The predicted octanol–water partition coefficient (Wildman–Crippen LogP) is 2.41. The molecule has 0 fully saturated rings. The van der Waals surface area contributed by atoms with Crippen molar-refractivity contribution in [3.63, 3.8) is 0 Å². The van der Waals surface area contributed by atoms with E-state index in [-0.39, 0.29) is 11.9 Å². The number of hydrogen-bond acceptors (Lipinski definition) is 2. The Morgan fingerprint density at radius 1 is 1.41 bits per heavy atom. The van der Waals surface area contributed by atoms with Crippen molar-refractivity contribution in [1.82, 2.24) is 15.1 Å². The summed E-state index contributed by atoms with van der Waals surface area (Å²) in [5, 5.41) is 7.36. The molecule has 3 nitrogen and oxygen atoms in total. The number of aromatic nitrogens is 2. The maximum absolute atomic E-state index is 13.5. The van der Waals surface area contributed by atoms with Crippen LogP contribution in [-0.4, -0.2) is 9.78 Å². The van der Waals surface area contributed by atoms with Gasteiger partial charge in [0, 0.05) is 37.0 Å². The van der Waals surface area contributed by atoms with Crippen molar-refractivity contribution in [3.05, 3.63) is 53.6 Å². The second-order valence-electron chi connectivity index (χ2n) is 4.15. The maximum atomic E-state index is 13.5. The van der Waals surface area contributed by atoms with E-state index in [2.05, 4.69) is 10.4 Å². The first-order chi connectivity index (χ1) is 8.16. The van der Waals surface area contributed by atoms with E-state index < -0.39 is 0 Å². The Morgan fingerprint density at radius 3 is 2.82 bits per heavy atom. The van der Waals surface area contributed by atoms with Crippen LogP contribution in [0.25, 0.3) is 0 Å². The van der Waals surface area contributed by atoms with Gasteiger partial charge >= 0.3 is 0 Å². The van der Waals surface area contributed by atoms with Gasteiger partial charge in [0.15, 0.2) is 0 Å². The van der Waals surface area contributed by atoms with Gasteiger partial charge in [-0.25, -0.2) is 4.39 Å². The minimum absolute atomic E-state index is 0.0172. The van der Waals surface area contributed by atoms with Crippen LogP contribution in [0.2, 0.25) is 0 Å². The van der Waals surface area contributed by atoms with Crippen molar-refractivity contribution >= 4 is 0 Å². The first-order valence-electron chi connectivity index (χ1n) is 5.62. The van der Waals surface area contributed by atoms with Gasteiger partial charge < -0.3 is 5.32 Å². The standard InChI is InChI=1S/C13H16FN3/c1-10(12-5-3-4-6-13(12)14)15-7-11-8-16-17(2)9-11/h3-6,8-10,15H,7H2,1-2H3/t10-/m1/s1. The van der Waals surface area contributed by atoms with E-state index in [0.717, 1.165) is 5.56 Å². The highest BCUT2D eigenvalue weighted by Crippen LogP contribution is 2.16. The van der Waals surface area contributed by atoms with Gasteiger partial charge in [-0.15, -0.1) is 0 Å². The molecule has 0 saturated heterocycles. The molecule has 0 aliphatic heterocycles. The highest BCUT2D eigenvalue weighted by Gasteiger charge is 2.09. The number of nitrogens with one attached hydrogen (secondary N) is 1. The first kappa shape index (κ1) is 11.8. The zero-order chi connectivity index (χ0) is 12.3. The summed E-state index contributed by atoms with van der Waals surface area (Å²) in [6.45, 7) is 2.64. The second-order valence-corrected chi connectivity index (χ2v) is 4.15. The Morgan fingerprint density at radius 2 is 2.18 bits per heavy atom. The van der Waals surface area contributed by atoms with Crippen LogP contribution in [-0.2, 0) is 13.6 Å². The molecule has 4 heteroatoms. The lowest BCUT2D eigenvalue weighted by atomic mass is 10.1. The molecule has 90 valence electrons. The predicted molar refractivity (Wildman–Crippen MR) is 64.9 cm³/mol. The van der Waals surface area contributed by atoms with Crippen LogP contribution in [0.4, 0.5) is 4.39 Å². The van der Waals surface area contributed by atoms with E-state index in [9.17, 15) is 4.39 Å². The summed E-state index contributed by atoms with van der Waals surface area (Å²) in [7, 11) is 1.88. The first-order valence-corrected chi connectivity index (χ1v) is 5.62. The molecule has 17 heavy (non-hydrogen) atoms. The van der Waals surface area contributed by atoms with Gasteiger partial charge in [-0.3, -0.25) is 4.68 Å². The van der Waals surface area contributed by atoms with Crippen LogP contribution < -0.4 is 5.32 Å². The molecule has 0 radical (unpaired) electrons. The minimum Gasteiger partial charge on any atom is -0.306 e. The lowest BCUT2D eigenvalue weighted by Gasteiger charge is -2.14. The topological polar surface area (TPSA) is 29.9 Å². The molecule has 0 bridgehead atoms. The van der Waals surface area contributed by atoms with Crippen LogP contribution in [0.15, 0.2) is 36.7 Å². The molecule has 0 aliphatic rings. The summed E-state index contributed by atoms with van der Waals surface area (Å²) in [4.78, 5) is 0. The van der Waals surface area contributed by atoms with Crippen LogP contribution in [0, 0.1) is 5.82 Å². The normalized spacial score (nSPS) is 12.6. The van der Waals surface area contributed by atoms with E-state index in [4.69, 9.17) is 0 Å². The zero-order valence-electron chi connectivity index (χ0n) is 10.0. The van der Waals surface area contributed by atoms with Gasteiger partial charge in [0.1, 0.15) is 5.82 Å². The molecular weight excluding hydrogens is 217 g/mol. The Hall–Kier alpha value is -1.68. The molecule has 1 heterocycles. The molecule has 1 aromatic heterocycles.